The fourth-order valence-electron chi connectivity index (χ4n) is 1.76. The molecule has 1 aromatic rings. The summed E-state index contributed by atoms with van der Waals surface area (Å²) >= 11 is 0. The molecule has 120 valence electrons. The lowest BCUT2D eigenvalue weighted by Crippen LogP contribution is -2.32. The molecule has 21 heavy (non-hydrogen) atoms. The largest absolute Gasteiger partial charge is 0.488 e. The number of aliphatic hydroxyl groups excluding tert-OH is 1. The van der Waals surface area contributed by atoms with Crippen molar-refractivity contribution in [1.29, 1.82) is 0 Å². The smallest absolute Gasteiger partial charge is 0.135 e. The van der Waals surface area contributed by atoms with E-state index in [0.29, 0.717) is 13.0 Å². The third-order valence-electron chi connectivity index (χ3n) is 2.91. The van der Waals surface area contributed by atoms with Crippen molar-refractivity contribution in [3.05, 3.63) is 29.3 Å². The lowest BCUT2D eigenvalue weighted by atomic mass is 10.1. The van der Waals surface area contributed by atoms with E-state index in [-0.39, 0.29) is 16.9 Å². The van der Waals surface area contributed by atoms with Crippen molar-refractivity contribution in [3.8, 4) is 5.75 Å². The third-order valence-corrected chi connectivity index (χ3v) is 2.91. The van der Waals surface area contributed by atoms with Crippen molar-refractivity contribution in [2.75, 3.05) is 6.61 Å². The van der Waals surface area contributed by atoms with Gasteiger partial charge in [0.2, 0.25) is 0 Å². The van der Waals surface area contributed by atoms with Gasteiger partial charge in [0.1, 0.15) is 23.0 Å². The second kappa shape index (κ2) is 6.71. The van der Waals surface area contributed by atoms with Crippen LogP contribution >= 0.6 is 0 Å². The molecule has 0 aliphatic carbocycles. The highest BCUT2D eigenvalue weighted by Crippen LogP contribution is 2.26. The van der Waals surface area contributed by atoms with Crippen LogP contribution in [-0.2, 0) is 11.3 Å². The van der Waals surface area contributed by atoms with Crippen molar-refractivity contribution >= 4 is 0 Å². The zero-order valence-corrected chi connectivity index (χ0v) is 13.3. The van der Waals surface area contributed by atoms with Crippen LogP contribution in [0.25, 0.3) is 0 Å². The van der Waals surface area contributed by atoms with Crippen LogP contribution in [0, 0.1) is 11.6 Å². The first-order valence-electron chi connectivity index (χ1n) is 6.96. The normalized spacial score (nSPS) is 12.6. The highest BCUT2D eigenvalue weighted by atomic mass is 19.1. The molecule has 0 bridgehead atoms. The number of halogens is 2. The van der Waals surface area contributed by atoms with Gasteiger partial charge in [-0.2, -0.15) is 0 Å². The summed E-state index contributed by atoms with van der Waals surface area (Å²) in [5.41, 5.74) is -1.21. The lowest BCUT2D eigenvalue weighted by molar-refractivity contribution is -0.0293. The Morgan fingerprint density at radius 3 is 2.00 bits per heavy atom. The molecule has 5 heteroatoms. The molecule has 3 nitrogen and oxygen atoms in total. The first kappa shape index (κ1) is 17.9. The van der Waals surface area contributed by atoms with E-state index in [1.165, 1.54) is 0 Å². The predicted octanol–water partition coefficient (Wildman–Crippen LogP) is 3.82. The molecular formula is C16H24F2O3. The van der Waals surface area contributed by atoms with Crippen LogP contribution in [0.1, 0.15) is 46.6 Å². The molecule has 0 fully saturated rings. The molecule has 1 N–H and O–H groups in total. The van der Waals surface area contributed by atoms with Gasteiger partial charge in [-0.05, 0) is 34.6 Å². The van der Waals surface area contributed by atoms with Crippen LogP contribution < -0.4 is 4.74 Å². The number of rotatable bonds is 6. The summed E-state index contributed by atoms with van der Waals surface area (Å²) in [5.74, 6) is -1.52. The zero-order chi connectivity index (χ0) is 16.3. The predicted molar refractivity (Wildman–Crippen MR) is 77.3 cm³/mol. The molecule has 1 rings (SSSR count). The van der Waals surface area contributed by atoms with E-state index < -0.39 is 23.8 Å². The first-order valence-corrected chi connectivity index (χ1v) is 6.96. The summed E-state index contributed by atoms with van der Waals surface area (Å²) in [6.45, 7) is 9.33. The Morgan fingerprint density at radius 2 is 1.57 bits per heavy atom. The molecule has 1 aromatic carbocycles. The number of ether oxygens (including phenoxy) is 2. The van der Waals surface area contributed by atoms with Gasteiger partial charge >= 0.3 is 0 Å². The molecule has 0 aromatic heterocycles. The van der Waals surface area contributed by atoms with E-state index >= 15 is 0 Å². The average molecular weight is 302 g/mol. The van der Waals surface area contributed by atoms with Gasteiger partial charge in [-0.15, -0.1) is 0 Å². The maximum absolute atomic E-state index is 13.6. The third kappa shape index (κ3) is 5.98. The second-order valence-corrected chi connectivity index (χ2v) is 6.60. The number of hydrogen-bond acceptors (Lipinski definition) is 3. The minimum atomic E-state index is -0.811. The Balaban J connectivity index is 2.71. The van der Waals surface area contributed by atoms with Gasteiger partial charge in [0.15, 0.2) is 0 Å². The Morgan fingerprint density at radius 1 is 1.05 bits per heavy atom. The second-order valence-electron chi connectivity index (χ2n) is 6.60. The maximum Gasteiger partial charge on any atom is 0.135 e. The van der Waals surface area contributed by atoms with Crippen molar-refractivity contribution in [1.82, 2.24) is 0 Å². The average Bonchev–Trinajstić information content (AvgIpc) is 2.25. The van der Waals surface area contributed by atoms with Crippen LogP contribution in [0.2, 0.25) is 0 Å². The summed E-state index contributed by atoms with van der Waals surface area (Å²) in [5, 5.41) is 8.88. The van der Waals surface area contributed by atoms with Crippen LogP contribution in [0.15, 0.2) is 12.1 Å². The van der Waals surface area contributed by atoms with Gasteiger partial charge < -0.3 is 14.6 Å². The zero-order valence-electron chi connectivity index (χ0n) is 13.3. The molecule has 0 atom stereocenters. The van der Waals surface area contributed by atoms with E-state index in [4.69, 9.17) is 14.6 Å². The van der Waals surface area contributed by atoms with Gasteiger partial charge in [-0.25, -0.2) is 8.78 Å². The van der Waals surface area contributed by atoms with Crippen LogP contribution in [0.5, 0.6) is 5.75 Å². The first-order chi connectivity index (χ1) is 9.54. The molecular weight excluding hydrogens is 278 g/mol. The van der Waals surface area contributed by atoms with Crippen molar-refractivity contribution in [2.24, 2.45) is 0 Å². The van der Waals surface area contributed by atoms with Gasteiger partial charge in [0.25, 0.3) is 0 Å². The van der Waals surface area contributed by atoms with Crippen molar-refractivity contribution < 1.29 is 23.4 Å². The highest BCUT2D eigenvalue weighted by molar-refractivity contribution is 5.30. The molecule has 0 spiro atoms. The lowest BCUT2D eigenvalue weighted by Gasteiger charge is -2.28. The van der Waals surface area contributed by atoms with E-state index in [1.807, 2.05) is 34.6 Å². The topological polar surface area (TPSA) is 38.7 Å². The number of hydrogen-bond donors (Lipinski definition) is 1. The van der Waals surface area contributed by atoms with E-state index in [0.717, 1.165) is 12.1 Å². The Hall–Kier alpha value is -1.20. The van der Waals surface area contributed by atoms with E-state index in [9.17, 15) is 8.78 Å². The van der Waals surface area contributed by atoms with E-state index in [1.54, 1.807) is 0 Å². The minimum absolute atomic E-state index is 0.1000. The minimum Gasteiger partial charge on any atom is -0.488 e. The van der Waals surface area contributed by atoms with Gasteiger partial charge in [-0.1, -0.05) is 0 Å². The van der Waals surface area contributed by atoms with Crippen molar-refractivity contribution in [2.45, 2.75) is 58.8 Å². The maximum atomic E-state index is 13.6. The van der Waals surface area contributed by atoms with Crippen molar-refractivity contribution in [3.63, 3.8) is 0 Å². The SMILES string of the molecule is CC(C)(C)OCCC(C)(C)Oc1cc(F)c(CO)c(F)c1. The monoisotopic (exact) mass is 302 g/mol. The Bertz CT molecular complexity index is 456. The molecule has 0 radical (unpaired) electrons. The molecule has 0 unspecified atom stereocenters. The van der Waals surface area contributed by atoms with Crippen LogP contribution in [-0.4, -0.2) is 22.9 Å². The van der Waals surface area contributed by atoms with Gasteiger partial charge in [-0.3, -0.25) is 0 Å². The Labute approximate surface area is 124 Å². The highest BCUT2D eigenvalue weighted by Gasteiger charge is 2.23. The molecule has 0 aliphatic rings. The molecule has 0 saturated heterocycles. The quantitative estimate of drug-likeness (QED) is 0.868. The van der Waals surface area contributed by atoms with E-state index in [2.05, 4.69) is 0 Å². The van der Waals surface area contributed by atoms with Crippen LogP contribution in [0.3, 0.4) is 0 Å². The summed E-state index contributed by atoms with van der Waals surface area (Å²) < 4.78 is 38.4. The summed E-state index contributed by atoms with van der Waals surface area (Å²) in [7, 11) is 0. The summed E-state index contributed by atoms with van der Waals surface area (Å²) in [6, 6.07) is 2.17. The molecule has 0 heterocycles. The standard InChI is InChI=1S/C16H24F2O3/c1-15(2,3)20-7-6-16(4,5)21-11-8-13(17)12(10-19)14(18)9-11/h8-9,19H,6-7,10H2,1-5H3. The number of benzene rings is 1. The molecule has 0 aliphatic heterocycles. The number of aliphatic hydroxyl groups is 1. The fraction of sp³-hybridized carbons (Fsp3) is 0.625. The van der Waals surface area contributed by atoms with Gasteiger partial charge in [0.05, 0.1) is 18.8 Å². The Kier molecular flexibility index (Phi) is 5.70. The molecule has 0 amide bonds. The fourth-order valence-corrected chi connectivity index (χ4v) is 1.76. The summed E-state index contributed by atoms with van der Waals surface area (Å²) in [6.07, 6.45) is 0.579. The van der Waals surface area contributed by atoms with Crippen LogP contribution in [0.4, 0.5) is 8.78 Å². The molecule has 0 saturated carbocycles. The summed E-state index contributed by atoms with van der Waals surface area (Å²) in [4.78, 5) is 0. The van der Waals surface area contributed by atoms with Gasteiger partial charge in [0, 0.05) is 24.1 Å².